The number of aliphatic hydroxyl groups is 1. The van der Waals surface area contributed by atoms with Crippen molar-refractivity contribution in [2.45, 2.75) is 12.0 Å². The fraction of sp³-hybridized carbons (Fsp3) is 0.200. The highest BCUT2D eigenvalue weighted by Gasteiger charge is 2.15. The van der Waals surface area contributed by atoms with E-state index >= 15 is 0 Å². The number of carbonyl (C=O) groups is 2. The summed E-state index contributed by atoms with van der Waals surface area (Å²) in [6.45, 7) is 1.15. The van der Waals surface area contributed by atoms with Gasteiger partial charge in [0.05, 0.1) is 0 Å². The Kier molecular flexibility index (Phi) is 8.80. The van der Waals surface area contributed by atoms with Crippen molar-refractivity contribution in [1.29, 1.82) is 0 Å². The van der Waals surface area contributed by atoms with Gasteiger partial charge in [0.25, 0.3) is 0 Å². The first kappa shape index (κ1) is 23.0. The van der Waals surface area contributed by atoms with Gasteiger partial charge in [0.1, 0.15) is 18.5 Å². The number of rotatable bonds is 13. The highest BCUT2D eigenvalue weighted by molar-refractivity contribution is 5.72. The monoisotopic (exact) mass is 433 g/mol. The van der Waals surface area contributed by atoms with Crippen LogP contribution in [0.1, 0.15) is 17.0 Å². The molecular weight excluding hydrogens is 406 g/mol. The van der Waals surface area contributed by atoms with Crippen LogP contribution in [0.15, 0.2) is 78.9 Å². The van der Waals surface area contributed by atoms with Crippen molar-refractivity contribution in [3.05, 3.63) is 90.0 Å². The van der Waals surface area contributed by atoms with Gasteiger partial charge in [0.15, 0.2) is 0 Å². The van der Waals surface area contributed by atoms with E-state index in [1.807, 2.05) is 78.9 Å². The summed E-state index contributed by atoms with van der Waals surface area (Å²) in [5.41, 5.74) is 3.55. The number of nitrogens with one attached hydrogen (secondary N) is 3. The van der Waals surface area contributed by atoms with E-state index in [-0.39, 0.29) is 12.5 Å². The highest BCUT2D eigenvalue weighted by atomic mass is 16.5. The molecule has 3 rings (SSSR count). The minimum absolute atomic E-state index is 0.00723. The van der Waals surface area contributed by atoms with E-state index in [1.54, 1.807) is 0 Å². The van der Waals surface area contributed by atoms with Crippen LogP contribution in [-0.2, 0) is 9.59 Å². The zero-order chi connectivity index (χ0) is 22.6. The number of para-hydroxylation sites is 1. The van der Waals surface area contributed by atoms with Crippen molar-refractivity contribution in [3.8, 4) is 5.75 Å². The van der Waals surface area contributed by atoms with Crippen LogP contribution in [-0.4, -0.2) is 43.7 Å². The molecule has 166 valence electrons. The van der Waals surface area contributed by atoms with Crippen molar-refractivity contribution in [2.75, 3.05) is 30.3 Å². The van der Waals surface area contributed by atoms with Gasteiger partial charge >= 0.3 is 0 Å². The molecule has 0 radical (unpaired) electrons. The van der Waals surface area contributed by atoms with Crippen molar-refractivity contribution in [2.24, 2.45) is 0 Å². The van der Waals surface area contributed by atoms with Crippen LogP contribution >= 0.6 is 0 Å². The van der Waals surface area contributed by atoms with E-state index in [0.717, 1.165) is 28.3 Å². The third-order valence-corrected chi connectivity index (χ3v) is 4.99. The molecule has 0 saturated carbocycles. The van der Waals surface area contributed by atoms with Gasteiger partial charge in [0.2, 0.25) is 12.8 Å². The molecule has 0 aliphatic carbocycles. The van der Waals surface area contributed by atoms with E-state index in [2.05, 4.69) is 16.0 Å². The smallest absolute Gasteiger partial charge is 0.211 e. The molecule has 3 aromatic carbocycles. The van der Waals surface area contributed by atoms with E-state index < -0.39 is 6.10 Å². The predicted molar refractivity (Wildman–Crippen MR) is 125 cm³/mol. The molecule has 0 unspecified atom stereocenters. The molecule has 0 bridgehead atoms. The Bertz CT molecular complexity index is 909. The van der Waals surface area contributed by atoms with Crippen LogP contribution in [0.5, 0.6) is 5.75 Å². The number of aliphatic hydroxyl groups excluding tert-OH is 1. The maximum Gasteiger partial charge on any atom is 0.211 e. The number of benzene rings is 3. The summed E-state index contributed by atoms with van der Waals surface area (Å²) >= 11 is 0. The molecule has 0 aliphatic rings. The Balaban J connectivity index is 1.63. The average Bonchev–Trinajstić information content (AvgIpc) is 2.83. The summed E-state index contributed by atoms with van der Waals surface area (Å²) in [5, 5.41) is 18.9. The number of carbonyl (C=O) groups excluding carboxylic acids is 2. The van der Waals surface area contributed by atoms with Crippen LogP contribution in [0.25, 0.3) is 0 Å². The first-order valence-electron chi connectivity index (χ1n) is 10.4. The van der Waals surface area contributed by atoms with Crippen LogP contribution < -0.4 is 20.7 Å². The summed E-state index contributed by atoms with van der Waals surface area (Å²) in [5.74, 6) is 0.727. The lowest BCUT2D eigenvalue weighted by atomic mass is 9.91. The predicted octanol–water partition coefficient (Wildman–Crippen LogP) is 2.98. The minimum atomic E-state index is -0.658. The lowest BCUT2D eigenvalue weighted by Crippen LogP contribution is -2.34. The Morgan fingerprint density at radius 3 is 1.78 bits per heavy atom. The molecule has 0 aliphatic heterocycles. The lowest BCUT2D eigenvalue weighted by molar-refractivity contribution is -0.106. The van der Waals surface area contributed by atoms with Crippen LogP contribution in [0, 0.1) is 0 Å². The molecule has 7 nitrogen and oxygen atoms in total. The molecule has 2 amide bonds. The topological polar surface area (TPSA) is 99.7 Å². The third-order valence-electron chi connectivity index (χ3n) is 4.99. The molecule has 32 heavy (non-hydrogen) atoms. The molecule has 4 N–H and O–H groups in total. The zero-order valence-corrected chi connectivity index (χ0v) is 17.6. The number of ether oxygens (including phenoxy) is 1. The fourth-order valence-corrected chi connectivity index (χ4v) is 3.35. The van der Waals surface area contributed by atoms with Gasteiger partial charge in [-0.1, -0.05) is 42.5 Å². The molecule has 0 aromatic heterocycles. The lowest BCUT2D eigenvalue weighted by Gasteiger charge is -2.21. The SMILES string of the molecule is O=CNc1ccc(C(CNC[C@H](O)COc2ccccc2)c2ccc(NC=O)cc2)cc1. The standard InChI is InChI=1S/C25H27N3O4/c29-17-27-21-10-6-19(7-11-21)25(20-8-12-22(13-9-20)28-18-30)15-26-14-23(31)16-32-24-4-2-1-3-5-24/h1-13,17-18,23,25-26,31H,14-16H2,(H,27,29)(H,28,30)/t23-/m0/s1. The molecule has 1 atom stereocenters. The second-order valence-corrected chi connectivity index (χ2v) is 7.26. The molecule has 3 aromatic rings. The van der Waals surface area contributed by atoms with E-state index in [1.165, 1.54) is 0 Å². The minimum Gasteiger partial charge on any atom is -0.491 e. The van der Waals surface area contributed by atoms with Crippen molar-refractivity contribution < 1.29 is 19.4 Å². The van der Waals surface area contributed by atoms with Crippen LogP contribution in [0.3, 0.4) is 0 Å². The second-order valence-electron chi connectivity index (χ2n) is 7.26. The Morgan fingerprint density at radius 1 is 0.750 bits per heavy atom. The number of hydrogen-bond donors (Lipinski definition) is 4. The van der Waals surface area contributed by atoms with E-state index in [9.17, 15) is 14.7 Å². The second kappa shape index (κ2) is 12.2. The van der Waals surface area contributed by atoms with Crippen molar-refractivity contribution in [1.82, 2.24) is 5.32 Å². The Hall–Kier alpha value is -3.68. The van der Waals surface area contributed by atoms with Crippen molar-refractivity contribution in [3.63, 3.8) is 0 Å². The normalized spacial score (nSPS) is 11.6. The van der Waals surface area contributed by atoms with Gasteiger partial charge in [-0.05, 0) is 47.5 Å². The summed E-state index contributed by atoms with van der Waals surface area (Å²) in [4.78, 5) is 21.3. The number of hydrogen-bond acceptors (Lipinski definition) is 5. The Morgan fingerprint density at radius 2 is 1.28 bits per heavy atom. The number of anilines is 2. The summed E-state index contributed by atoms with van der Waals surface area (Å²) in [6.07, 6.45) is 0.631. The van der Waals surface area contributed by atoms with E-state index in [0.29, 0.717) is 25.9 Å². The van der Waals surface area contributed by atoms with E-state index in [4.69, 9.17) is 4.74 Å². The highest BCUT2D eigenvalue weighted by Crippen LogP contribution is 2.26. The van der Waals surface area contributed by atoms with Gasteiger partial charge in [-0.25, -0.2) is 0 Å². The first-order chi connectivity index (χ1) is 15.7. The molecular formula is C25H27N3O4. The molecule has 0 saturated heterocycles. The summed E-state index contributed by atoms with van der Waals surface area (Å²) in [6, 6.07) is 24.6. The molecule has 0 spiro atoms. The van der Waals surface area contributed by atoms with Gasteiger partial charge in [-0.2, -0.15) is 0 Å². The third kappa shape index (κ3) is 6.94. The van der Waals surface area contributed by atoms with Gasteiger partial charge in [0, 0.05) is 30.4 Å². The van der Waals surface area contributed by atoms with Gasteiger partial charge < -0.3 is 25.8 Å². The molecule has 0 fully saturated rings. The van der Waals surface area contributed by atoms with Crippen LogP contribution in [0.4, 0.5) is 11.4 Å². The number of amides is 2. The summed E-state index contributed by atoms with van der Waals surface area (Å²) < 4.78 is 5.61. The fourth-order valence-electron chi connectivity index (χ4n) is 3.35. The summed E-state index contributed by atoms with van der Waals surface area (Å²) in [7, 11) is 0. The maximum absolute atomic E-state index is 10.7. The van der Waals surface area contributed by atoms with Gasteiger partial charge in [-0.3, -0.25) is 9.59 Å². The average molecular weight is 434 g/mol. The van der Waals surface area contributed by atoms with Crippen molar-refractivity contribution >= 4 is 24.2 Å². The molecule has 0 heterocycles. The quantitative estimate of drug-likeness (QED) is 0.311. The van der Waals surface area contributed by atoms with Gasteiger partial charge in [-0.15, -0.1) is 0 Å². The molecule has 7 heteroatoms. The largest absolute Gasteiger partial charge is 0.491 e. The van der Waals surface area contributed by atoms with Crippen LogP contribution in [0.2, 0.25) is 0 Å². The zero-order valence-electron chi connectivity index (χ0n) is 17.6. The Labute approximate surface area is 187 Å². The first-order valence-corrected chi connectivity index (χ1v) is 10.4. The maximum atomic E-state index is 10.7.